The Labute approximate surface area is 134 Å². The fraction of sp³-hybridized carbons (Fsp3) is 0.750. The van der Waals surface area contributed by atoms with E-state index in [-0.39, 0.29) is 11.0 Å². The first-order valence-electron chi connectivity index (χ1n) is 7.91. The molecule has 0 aliphatic carbocycles. The van der Waals surface area contributed by atoms with Crippen molar-refractivity contribution in [3.8, 4) is 0 Å². The highest BCUT2D eigenvalue weighted by atomic mass is 32.1. The van der Waals surface area contributed by atoms with E-state index in [1.807, 2.05) is 11.9 Å². The SMILES string of the molecule is CCCC(CS)(CCC)Cn1ncc(N(C)CC)cc1=O. The number of nitrogens with zero attached hydrogens (tertiary/aromatic N) is 3. The summed E-state index contributed by atoms with van der Waals surface area (Å²) in [5, 5.41) is 4.37. The van der Waals surface area contributed by atoms with Crippen molar-refractivity contribution in [2.24, 2.45) is 5.41 Å². The summed E-state index contributed by atoms with van der Waals surface area (Å²) in [6.07, 6.45) is 6.15. The molecular formula is C16H29N3OS. The second-order valence-corrected chi connectivity index (χ2v) is 6.20. The van der Waals surface area contributed by atoms with Gasteiger partial charge in [0.2, 0.25) is 0 Å². The Morgan fingerprint density at radius 2 is 1.90 bits per heavy atom. The van der Waals surface area contributed by atoms with E-state index in [9.17, 15) is 4.79 Å². The van der Waals surface area contributed by atoms with E-state index in [1.54, 1.807) is 16.9 Å². The Kier molecular flexibility index (Phi) is 7.29. The van der Waals surface area contributed by atoms with Crippen molar-refractivity contribution in [2.45, 2.75) is 53.0 Å². The standard InChI is InChI=1S/C16H29N3OS/c1-5-8-16(13-21,9-6-2)12-19-15(20)10-14(11-17-19)18(4)7-3/h10-11,21H,5-9,12-13H2,1-4H3. The first-order valence-corrected chi connectivity index (χ1v) is 8.54. The molecule has 21 heavy (non-hydrogen) atoms. The molecule has 0 aliphatic rings. The van der Waals surface area contributed by atoms with Crippen LogP contribution in [0.15, 0.2) is 17.1 Å². The lowest BCUT2D eigenvalue weighted by Gasteiger charge is -2.32. The summed E-state index contributed by atoms with van der Waals surface area (Å²) < 4.78 is 1.61. The molecule has 0 fully saturated rings. The van der Waals surface area contributed by atoms with E-state index >= 15 is 0 Å². The van der Waals surface area contributed by atoms with Crippen LogP contribution in [-0.2, 0) is 6.54 Å². The van der Waals surface area contributed by atoms with Crippen LogP contribution >= 0.6 is 12.6 Å². The summed E-state index contributed by atoms with van der Waals surface area (Å²) in [4.78, 5) is 14.3. The van der Waals surface area contributed by atoms with E-state index in [2.05, 4.69) is 38.5 Å². The van der Waals surface area contributed by atoms with Gasteiger partial charge in [0.15, 0.2) is 0 Å². The molecular weight excluding hydrogens is 282 g/mol. The predicted octanol–water partition coefficient (Wildman–Crippen LogP) is 3.22. The van der Waals surface area contributed by atoms with Gasteiger partial charge in [0.25, 0.3) is 5.56 Å². The molecule has 5 heteroatoms. The largest absolute Gasteiger partial charge is 0.373 e. The third-order valence-corrected chi connectivity index (χ3v) is 4.82. The predicted molar refractivity (Wildman–Crippen MR) is 93.5 cm³/mol. The molecule has 0 N–H and O–H groups in total. The van der Waals surface area contributed by atoms with Crippen molar-refractivity contribution in [2.75, 3.05) is 24.2 Å². The molecule has 1 aromatic heterocycles. The monoisotopic (exact) mass is 311 g/mol. The quantitative estimate of drug-likeness (QED) is 0.712. The van der Waals surface area contributed by atoms with Crippen LogP contribution in [0.2, 0.25) is 0 Å². The molecule has 4 nitrogen and oxygen atoms in total. The van der Waals surface area contributed by atoms with E-state index in [1.165, 1.54) is 0 Å². The summed E-state index contributed by atoms with van der Waals surface area (Å²) in [5.74, 6) is 0.791. The van der Waals surface area contributed by atoms with Crippen molar-refractivity contribution in [3.63, 3.8) is 0 Å². The fourth-order valence-corrected chi connectivity index (χ4v) is 3.22. The van der Waals surface area contributed by atoms with Crippen LogP contribution in [0.1, 0.15) is 46.5 Å². The summed E-state index contributed by atoms with van der Waals surface area (Å²) in [6, 6.07) is 1.68. The van der Waals surface area contributed by atoms with Crippen LogP contribution in [-0.4, -0.2) is 29.1 Å². The Morgan fingerprint density at radius 1 is 1.29 bits per heavy atom. The van der Waals surface area contributed by atoms with Crippen molar-refractivity contribution in [3.05, 3.63) is 22.6 Å². The van der Waals surface area contributed by atoms with E-state index in [0.717, 1.165) is 43.7 Å². The van der Waals surface area contributed by atoms with Gasteiger partial charge in [-0.3, -0.25) is 4.79 Å². The third-order valence-electron chi connectivity index (χ3n) is 4.15. The van der Waals surface area contributed by atoms with Gasteiger partial charge in [-0.1, -0.05) is 26.7 Å². The minimum Gasteiger partial charge on any atom is -0.373 e. The van der Waals surface area contributed by atoms with Crippen LogP contribution < -0.4 is 10.5 Å². The first kappa shape index (κ1) is 18.1. The van der Waals surface area contributed by atoms with Crippen molar-refractivity contribution < 1.29 is 0 Å². The van der Waals surface area contributed by atoms with E-state index in [0.29, 0.717) is 6.54 Å². The van der Waals surface area contributed by atoms with Crippen LogP contribution in [0.25, 0.3) is 0 Å². The molecule has 1 aromatic rings. The Morgan fingerprint density at radius 3 is 2.33 bits per heavy atom. The lowest BCUT2D eigenvalue weighted by Crippen LogP contribution is -2.35. The molecule has 0 amide bonds. The molecule has 0 spiro atoms. The molecule has 1 heterocycles. The highest BCUT2D eigenvalue weighted by molar-refractivity contribution is 7.80. The Bertz CT molecular complexity index is 481. The number of aromatic nitrogens is 2. The maximum atomic E-state index is 12.3. The zero-order chi connectivity index (χ0) is 15.9. The van der Waals surface area contributed by atoms with Gasteiger partial charge in [0.05, 0.1) is 18.4 Å². The Balaban J connectivity index is 3.01. The van der Waals surface area contributed by atoms with Gasteiger partial charge in [-0.25, -0.2) is 4.68 Å². The van der Waals surface area contributed by atoms with Crippen LogP contribution in [0.4, 0.5) is 5.69 Å². The van der Waals surface area contributed by atoms with Crippen molar-refractivity contribution in [1.29, 1.82) is 0 Å². The lowest BCUT2D eigenvalue weighted by atomic mass is 9.81. The van der Waals surface area contributed by atoms with Crippen molar-refractivity contribution >= 4 is 18.3 Å². The minimum absolute atomic E-state index is 0.0221. The van der Waals surface area contributed by atoms with Gasteiger partial charge >= 0.3 is 0 Å². The smallest absolute Gasteiger partial charge is 0.268 e. The maximum Gasteiger partial charge on any atom is 0.268 e. The molecule has 0 atom stereocenters. The normalized spacial score (nSPS) is 11.7. The zero-order valence-corrected chi connectivity index (χ0v) is 14.7. The molecule has 0 aromatic carbocycles. The van der Waals surface area contributed by atoms with Gasteiger partial charge in [0, 0.05) is 19.7 Å². The lowest BCUT2D eigenvalue weighted by molar-refractivity contribution is 0.217. The molecule has 0 saturated carbocycles. The van der Waals surface area contributed by atoms with E-state index in [4.69, 9.17) is 0 Å². The molecule has 120 valence electrons. The molecule has 0 bridgehead atoms. The summed E-state index contributed by atoms with van der Waals surface area (Å²) in [7, 11) is 1.97. The molecule has 1 rings (SSSR count). The second kappa shape index (κ2) is 8.47. The number of hydrogen-bond donors (Lipinski definition) is 1. The van der Waals surface area contributed by atoms with Gasteiger partial charge in [-0.2, -0.15) is 17.7 Å². The zero-order valence-electron chi connectivity index (χ0n) is 13.8. The van der Waals surface area contributed by atoms with Gasteiger partial charge < -0.3 is 4.90 Å². The van der Waals surface area contributed by atoms with Crippen LogP contribution in [0, 0.1) is 5.41 Å². The van der Waals surface area contributed by atoms with Crippen molar-refractivity contribution in [1.82, 2.24) is 9.78 Å². The summed E-state index contributed by atoms with van der Waals surface area (Å²) >= 11 is 4.55. The first-order chi connectivity index (χ1) is 10.0. The molecule has 0 aliphatic heterocycles. The maximum absolute atomic E-state index is 12.3. The molecule has 0 radical (unpaired) electrons. The minimum atomic E-state index is -0.0221. The average Bonchev–Trinajstić information content (AvgIpc) is 2.48. The van der Waals surface area contributed by atoms with Crippen LogP contribution in [0.3, 0.4) is 0 Å². The van der Waals surface area contributed by atoms with E-state index < -0.39 is 0 Å². The third kappa shape index (κ3) is 4.77. The molecule has 0 unspecified atom stereocenters. The number of thiol groups is 1. The Hall–Kier alpha value is -0.970. The van der Waals surface area contributed by atoms with Gasteiger partial charge in [-0.15, -0.1) is 0 Å². The fourth-order valence-electron chi connectivity index (χ4n) is 2.80. The topological polar surface area (TPSA) is 38.1 Å². The summed E-state index contributed by atoms with van der Waals surface area (Å²) in [5.41, 5.74) is 0.925. The highest BCUT2D eigenvalue weighted by Gasteiger charge is 2.28. The summed E-state index contributed by atoms with van der Waals surface area (Å²) in [6.45, 7) is 7.94. The average molecular weight is 311 g/mol. The number of anilines is 1. The van der Waals surface area contributed by atoms with Gasteiger partial charge in [0.1, 0.15) is 0 Å². The van der Waals surface area contributed by atoms with Crippen LogP contribution in [0.5, 0.6) is 0 Å². The highest BCUT2D eigenvalue weighted by Crippen LogP contribution is 2.32. The second-order valence-electron chi connectivity index (χ2n) is 5.88. The number of rotatable bonds is 9. The molecule has 0 saturated heterocycles. The van der Waals surface area contributed by atoms with Gasteiger partial charge in [-0.05, 0) is 30.9 Å². The number of hydrogen-bond acceptors (Lipinski definition) is 4.